The number of hydrogen-bond donors (Lipinski definition) is 2. The molecule has 0 spiro atoms. The average molecular weight is 272 g/mol. The molecule has 0 aromatic carbocycles. The van der Waals surface area contributed by atoms with Gasteiger partial charge >= 0.3 is 5.97 Å². The van der Waals surface area contributed by atoms with Gasteiger partial charge in [0.2, 0.25) is 5.91 Å². The summed E-state index contributed by atoms with van der Waals surface area (Å²) in [7, 11) is 1.75. The van der Waals surface area contributed by atoms with Crippen LogP contribution < -0.4 is 5.32 Å². The highest BCUT2D eigenvalue weighted by Crippen LogP contribution is 2.11. The Morgan fingerprint density at radius 1 is 1.35 bits per heavy atom. The topological polar surface area (TPSA) is 97.1 Å². The zero-order valence-corrected chi connectivity index (χ0v) is 10.6. The highest BCUT2D eigenvalue weighted by molar-refractivity contribution is 6.05. The highest BCUT2D eigenvalue weighted by atomic mass is 16.4. The fourth-order valence-corrected chi connectivity index (χ4v) is 1.54. The number of aromatic nitrogens is 3. The van der Waals surface area contributed by atoms with Gasteiger partial charge in [-0.15, -0.1) is 0 Å². The van der Waals surface area contributed by atoms with Crippen molar-refractivity contribution < 1.29 is 14.7 Å². The third-order valence-electron chi connectivity index (χ3n) is 2.54. The second-order valence-corrected chi connectivity index (χ2v) is 3.91. The molecule has 0 unspecified atom stereocenters. The van der Waals surface area contributed by atoms with Gasteiger partial charge in [-0.05, 0) is 24.3 Å². The minimum Gasteiger partial charge on any atom is -0.478 e. The van der Waals surface area contributed by atoms with Crippen LogP contribution in [0, 0.1) is 0 Å². The average Bonchev–Trinajstić information content (AvgIpc) is 2.82. The fraction of sp³-hybridized carbons (Fsp3) is 0.0769. The number of carbonyl (C=O) groups is 2. The van der Waals surface area contributed by atoms with E-state index in [4.69, 9.17) is 5.11 Å². The SMILES string of the molecule is Cn1nccc1C=CC(=O)Nc1ncccc1C(=O)O. The van der Waals surface area contributed by atoms with Crippen molar-refractivity contribution in [2.75, 3.05) is 5.32 Å². The van der Waals surface area contributed by atoms with E-state index in [1.165, 1.54) is 24.4 Å². The number of nitrogens with zero attached hydrogens (tertiary/aromatic N) is 3. The molecule has 2 rings (SSSR count). The van der Waals surface area contributed by atoms with E-state index < -0.39 is 11.9 Å². The maximum atomic E-state index is 11.7. The number of hydrogen-bond acceptors (Lipinski definition) is 4. The molecule has 20 heavy (non-hydrogen) atoms. The maximum Gasteiger partial charge on any atom is 0.339 e. The fourth-order valence-electron chi connectivity index (χ4n) is 1.54. The predicted octanol–water partition coefficient (Wildman–Crippen LogP) is 1.17. The van der Waals surface area contributed by atoms with Crippen molar-refractivity contribution in [2.45, 2.75) is 0 Å². The lowest BCUT2D eigenvalue weighted by Crippen LogP contribution is -2.13. The molecule has 7 nitrogen and oxygen atoms in total. The summed E-state index contributed by atoms with van der Waals surface area (Å²) in [6, 6.07) is 4.60. The van der Waals surface area contributed by atoms with Crippen molar-refractivity contribution in [2.24, 2.45) is 7.05 Å². The van der Waals surface area contributed by atoms with Gasteiger partial charge in [-0.25, -0.2) is 9.78 Å². The van der Waals surface area contributed by atoms with Gasteiger partial charge in [0, 0.05) is 25.5 Å². The van der Waals surface area contributed by atoms with Crippen molar-refractivity contribution in [3.05, 3.63) is 47.9 Å². The Hall–Kier alpha value is -2.96. The van der Waals surface area contributed by atoms with Crippen LogP contribution in [0.3, 0.4) is 0 Å². The number of aryl methyl sites for hydroxylation is 1. The van der Waals surface area contributed by atoms with E-state index in [2.05, 4.69) is 15.4 Å². The van der Waals surface area contributed by atoms with Crippen molar-refractivity contribution in [3.63, 3.8) is 0 Å². The number of carbonyl (C=O) groups excluding carboxylic acids is 1. The second kappa shape index (κ2) is 5.79. The molecule has 0 atom stereocenters. The zero-order chi connectivity index (χ0) is 14.5. The Bertz CT molecular complexity index is 676. The van der Waals surface area contributed by atoms with Crippen LogP contribution in [0.2, 0.25) is 0 Å². The summed E-state index contributed by atoms with van der Waals surface area (Å²) in [6.07, 6.45) is 5.88. The molecule has 2 aromatic heterocycles. The first kappa shape index (κ1) is 13.5. The van der Waals surface area contributed by atoms with Crippen LogP contribution in [0.5, 0.6) is 0 Å². The van der Waals surface area contributed by atoms with Crippen molar-refractivity contribution >= 4 is 23.8 Å². The number of rotatable bonds is 4. The molecule has 2 N–H and O–H groups in total. The van der Waals surface area contributed by atoms with Gasteiger partial charge in [-0.3, -0.25) is 9.48 Å². The van der Waals surface area contributed by atoms with Gasteiger partial charge in [0.15, 0.2) is 0 Å². The number of nitrogens with one attached hydrogen (secondary N) is 1. The summed E-state index contributed by atoms with van der Waals surface area (Å²) in [6.45, 7) is 0. The van der Waals surface area contributed by atoms with E-state index >= 15 is 0 Å². The molecule has 0 aliphatic rings. The van der Waals surface area contributed by atoms with Gasteiger partial charge in [0.25, 0.3) is 0 Å². The molecule has 7 heteroatoms. The van der Waals surface area contributed by atoms with Crippen LogP contribution in [0.4, 0.5) is 5.82 Å². The molecule has 1 amide bonds. The van der Waals surface area contributed by atoms with Crippen LogP contribution in [0.15, 0.2) is 36.7 Å². The Labute approximate surface area is 114 Å². The first-order valence-corrected chi connectivity index (χ1v) is 5.73. The third-order valence-corrected chi connectivity index (χ3v) is 2.54. The van der Waals surface area contributed by atoms with E-state index in [0.717, 1.165) is 5.69 Å². The maximum absolute atomic E-state index is 11.7. The molecular formula is C13H12N4O3. The number of anilines is 1. The summed E-state index contributed by atoms with van der Waals surface area (Å²) in [5, 5.41) is 15.4. The molecule has 102 valence electrons. The molecule has 0 bridgehead atoms. The van der Waals surface area contributed by atoms with Crippen LogP contribution in [0.1, 0.15) is 16.1 Å². The number of carboxylic acid groups (broad SMARTS) is 1. The Kier molecular flexibility index (Phi) is 3.90. The van der Waals surface area contributed by atoms with Crippen LogP contribution in [-0.2, 0) is 11.8 Å². The lowest BCUT2D eigenvalue weighted by molar-refractivity contribution is -0.111. The number of amides is 1. The number of carboxylic acids is 1. The highest BCUT2D eigenvalue weighted by Gasteiger charge is 2.11. The Balaban J connectivity index is 2.11. The molecule has 0 fully saturated rings. The van der Waals surface area contributed by atoms with Crippen LogP contribution in [0.25, 0.3) is 6.08 Å². The van der Waals surface area contributed by atoms with Crippen molar-refractivity contribution in [1.29, 1.82) is 0 Å². The molecular weight excluding hydrogens is 260 g/mol. The summed E-state index contributed by atoms with van der Waals surface area (Å²) in [4.78, 5) is 26.5. The lowest BCUT2D eigenvalue weighted by Gasteiger charge is -2.04. The first-order chi connectivity index (χ1) is 9.58. The van der Waals surface area contributed by atoms with Crippen LogP contribution in [-0.4, -0.2) is 31.7 Å². The van der Waals surface area contributed by atoms with Gasteiger partial charge in [-0.2, -0.15) is 5.10 Å². The molecule has 2 aromatic rings. The molecule has 0 radical (unpaired) electrons. The van der Waals surface area contributed by atoms with Gasteiger partial charge in [0.05, 0.1) is 5.69 Å². The molecule has 0 aliphatic heterocycles. The van der Waals surface area contributed by atoms with Gasteiger partial charge < -0.3 is 10.4 Å². The number of aromatic carboxylic acids is 1. The van der Waals surface area contributed by atoms with Gasteiger partial charge in [-0.1, -0.05) is 0 Å². The quantitative estimate of drug-likeness (QED) is 0.814. The van der Waals surface area contributed by atoms with Crippen molar-refractivity contribution in [1.82, 2.24) is 14.8 Å². The normalized spacial score (nSPS) is 10.7. The largest absolute Gasteiger partial charge is 0.478 e. The molecule has 0 saturated heterocycles. The standard InChI is InChI=1S/C13H12N4O3/c1-17-9(6-8-15-17)4-5-11(18)16-12-10(13(19)20)3-2-7-14-12/h2-8H,1H3,(H,19,20)(H,14,16,18). The molecule has 2 heterocycles. The summed E-state index contributed by atoms with van der Waals surface area (Å²) in [5.74, 6) is -1.60. The van der Waals surface area contributed by atoms with Crippen molar-refractivity contribution in [3.8, 4) is 0 Å². The lowest BCUT2D eigenvalue weighted by atomic mass is 10.2. The summed E-state index contributed by atoms with van der Waals surface area (Å²) in [5.41, 5.74) is 0.689. The minimum atomic E-state index is -1.15. The van der Waals surface area contributed by atoms with Gasteiger partial charge in [0.1, 0.15) is 11.4 Å². The Morgan fingerprint density at radius 2 is 2.15 bits per heavy atom. The van der Waals surface area contributed by atoms with E-state index in [1.807, 2.05) is 0 Å². The Morgan fingerprint density at radius 3 is 2.80 bits per heavy atom. The predicted molar refractivity (Wildman–Crippen MR) is 72.1 cm³/mol. The molecule has 0 aliphatic carbocycles. The van der Waals surface area contributed by atoms with Crippen LogP contribution >= 0.6 is 0 Å². The minimum absolute atomic E-state index is 0.0136. The molecule has 0 saturated carbocycles. The third kappa shape index (κ3) is 3.08. The summed E-state index contributed by atoms with van der Waals surface area (Å²) >= 11 is 0. The van der Waals surface area contributed by atoms with E-state index in [1.54, 1.807) is 30.1 Å². The van der Waals surface area contributed by atoms with E-state index in [0.29, 0.717) is 0 Å². The monoisotopic (exact) mass is 272 g/mol. The smallest absolute Gasteiger partial charge is 0.339 e. The van der Waals surface area contributed by atoms with E-state index in [-0.39, 0.29) is 11.4 Å². The number of pyridine rings is 1. The second-order valence-electron chi connectivity index (χ2n) is 3.91. The first-order valence-electron chi connectivity index (χ1n) is 5.73. The summed E-state index contributed by atoms with van der Waals surface area (Å²) < 4.78 is 1.60. The van der Waals surface area contributed by atoms with E-state index in [9.17, 15) is 9.59 Å². The zero-order valence-electron chi connectivity index (χ0n) is 10.6.